The Labute approximate surface area is 129 Å². The number of halogens is 3. The maximum atomic E-state index is 12.4. The van der Waals surface area contributed by atoms with Gasteiger partial charge in [-0.15, -0.1) is 0 Å². The molecule has 0 saturated carbocycles. The van der Waals surface area contributed by atoms with Crippen LogP contribution in [0.3, 0.4) is 0 Å². The van der Waals surface area contributed by atoms with E-state index in [2.05, 4.69) is 10.5 Å². The Morgan fingerprint density at radius 3 is 3.00 bits per heavy atom. The molecule has 0 spiro atoms. The summed E-state index contributed by atoms with van der Waals surface area (Å²) in [6, 6.07) is 6.31. The molecule has 0 atom stereocenters. The van der Waals surface area contributed by atoms with Gasteiger partial charge in [0.1, 0.15) is 5.76 Å². The predicted molar refractivity (Wildman–Crippen MR) is 75.5 cm³/mol. The van der Waals surface area contributed by atoms with E-state index in [0.717, 1.165) is 16.9 Å². The van der Waals surface area contributed by atoms with Crippen molar-refractivity contribution >= 4 is 17.6 Å². The molecule has 3 rings (SSSR count). The number of fused-ring (bicyclic) bond motifs is 1. The van der Waals surface area contributed by atoms with Crippen molar-refractivity contribution < 1.29 is 22.4 Å². The maximum absolute atomic E-state index is 12.4. The molecular weight excluding hydrogens is 317 g/mol. The van der Waals surface area contributed by atoms with Gasteiger partial charge in [0.25, 0.3) is 0 Å². The molecule has 0 unspecified atom stereocenters. The molecule has 2 aromatic rings. The quantitative estimate of drug-likeness (QED) is 0.860. The van der Waals surface area contributed by atoms with Crippen LogP contribution in [0, 0.1) is 0 Å². The fourth-order valence-corrected chi connectivity index (χ4v) is 2.83. The highest BCUT2D eigenvalue weighted by molar-refractivity contribution is 8.00. The van der Waals surface area contributed by atoms with Gasteiger partial charge in [0.15, 0.2) is 5.82 Å². The summed E-state index contributed by atoms with van der Waals surface area (Å²) in [6.45, 7) is 1.41. The summed E-state index contributed by atoms with van der Waals surface area (Å²) in [6.07, 6.45) is 0.682. The number of anilines is 1. The van der Waals surface area contributed by atoms with Crippen LogP contribution in [0.4, 0.5) is 19.0 Å². The normalized spacial score (nSPS) is 14.7. The van der Waals surface area contributed by atoms with Crippen LogP contribution in [0.15, 0.2) is 33.7 Å². The lowest BCUT2D eigenvalue weighted by Crippen LogP contribution is -2.10. The Bertz CT molecular complexity index is 658. The average molecular weight is 330 g/mol. The van der Waals surface area contributed by atoms with Gasteiger partial charge in [-0.1, -0.05) is 17.3 Å². The van der Waals surface area contributed by atoms with Crippen LogP contribution in [0.1, 0.15) is 16.9 Å². The van der Waals surface area contributed by atoms with Crippen molar-refractivity contribution in [3.63, 3.8) is 0 Å². The minimum atomic E-state index is -4.28. The molecule has 0 radical (unpaired) electrons. The smallest absolute Gasteiger partial charge is 0.376 e. The molecule has 1 aromatic carbocycles. The number of ether oxygens (including phenoxy) is 1. The van der Waals surface area contributed by atoms with Crippen molar-refractivity contribution in [3.8, 4) is 0 Å². The molecule has 0 aliphatic carbocycles. The second-order valence-electron chi connectivity index (χ2n) is 4.78. The number of benzene rings is 1. The molecule has 0 fully saturated rings. The zero-order chi connectivity index (χ0) is 15.6. The summed E-state index contributed by atoms with van der Waals surface area (Å²) in [7, 11) is 0. The molecule has 2 heterocycles. The maximum Gasteiger partial charge on any atom is 0.446 e. The number of alkyl halides is 3. The standard InChI is InChI=1S/C14H13F3N2O2S/c15-14(16,17)22-10-3-1-2-9(6-10)7-18-13-11-8-20-5-4-12(11)21-19-13/h1-3,6H,4-5,7-8H2,(H,18,19). The largest absolute Gasteiger partial charge is 0.446 e. The number of aromatic nitrogens is 1. The van der Waals surface area contributed by atoms with Crippen LogP contribution in [0.25, 0.3) is 0 Å². The number of hydrogen-bond donors (Lipinski definition) is 1. The van der Waals surface area contributed by atoms with Gasteiger partial charge in [-0.3, -0.25) is 0 Å². The molecule has 8 heteroatoms. The van der Waals surface area contributed by atoms with Gasteiger partial charge in [0.2, 0.25) is 0 Å². The molecule has 0 bridgehead atoms. The Balaban J connectivity index is 1.66. The highest BCUT2D eigenvalue weighted by Crippen LogP contribution is 2.37. The molecule has 118 valence electrons. The molecular formula is C14H13F3N2O2S. The van der Waals surface area contributed by atoms with E-state index < -0.39 is 5.51 Å². The van der Waals surface area contributed by atoms with E-state index in [1.165, 1.54) is 12.1 Å². The summed E-state index contributed by atoms with van der Waals surface area (Å²) in [4.78, 5) is 0.164. The summed E-state index contributed by atoms with van der Waals surface area (Å²) in [5.41, 5.74) is -2.66. The Morgan fingerprint density at radius 1 is 1.32 bits per heavy atom. The van der Waals surface area contributed by atoms with E-state index in [1.807, 2.05) is 0 Å². The molecule has 1 aliphatic heterocycles. The number of thioether (sulfide) groups is 1. The Kier molecular flexibility index (Phi) is 4.30. The zero-order valence-electron chi connectivity index (χ0n) is 11.4. The first-order valence-corrected chi connectivity index (χ1v) is 7.46. The highest BCUT2D eigenvalue weighted by Gasteiger charge is 2.29. The highest BCUT2D eigenvalue weighted by atomic mass is 32.2. The second kappa shape index (κ2) is 6.21. The van der Waals surface area contributed by atoms with Crippen molar-refractivity contribution in [1.82, 2.24) is 5.16 Å². The molecule has 22 heavy (non-hydrogen) atoms. The van der Waals surface area contributed by atoms with Gasteiger partial charge < -0.3 is 14.6 Å². The third kappa shape index (κ3) is 3.75. The number of nitrogens with one attached hydrogen (secondary N) is 1. The fraction of sp³-hybridized carbons (Fsp3) is 0.357. The van der Waals surface area contributed by atoms with Crippen LogP contribution >= 0.6 is 11.8 Å². The number of hydrogen-bond acceptors (Lipinski definition) is 5. The van der Waals surface area contributed by atoms with E-state index in [0.29, 0.717) is 32.0 Å². The van der Waals surface area contributed by atoms with E-state index in [-0.39, 0.29) is 16.7 Å². The minimum Gasteiger partial charge on any atom is -0.376 e. The van der Waals surface area contributed by atoms with E-state index in [4.69, 9.17) is 9.26 Å². The molecule has 1 N–H and O–H groups in total. The van der Waals surface area contributed by atoms with Gasteiger partial charge in [0, 0.05) is 17.9 Å². The van der Waals surface area contributed by atoms with Crippen molar-refractivity contribution in [2.45, 2.75) is 30.0 Å². The van der Waals surface area contributed by atoms with Crippen molar-refractivity contribution in [3.05, 3.63) is 41.2 Å². The van der Waals surface area contributed by atoms with Gasteiger partial charge >= 0.3 is 5.51 Å². The zero-order valence-corrected chi connectivity index (χ0v) is 12.3. The van der Waals surface area contributed by atoms with Crippen molar-refractivity contribution in [2.24, 2.45) is 0 Å². The van der Waals surface area contributed by atoms with Crippen LogP contribution < -0.4 is 5.32 Å². The van der Waals surface area contributed by atoms with Gasteiger partial charge in [-0.25, -0.2) is 0 Å². The van der Waals surface area contributed by atoms with Gasteiger partial charge in [0.05, 0.1) is 18.8 Å². The summed E-state index contributed by atoms with van der Waals surface area (Å²) >= 11 is -0.121. The molecule has 1 aromatic heterocycles. The summed E-state index contributed by atoms with van der Waals surface area (Å²) in [5.74, 6) is 1.39. The third-order valence-corrected chi connectivity index (χ3v) is 3.90. The Morgan fingerprint density at radius 2 is 2.18 bits per heavy atom. The van der Waals surface area contributed by atoms with Gasteiger partial charge in [-0.05, 0) is 29.5 Å². The van der Waals surface area contributed by atoms with Crippen LogP contribution in [-0.4, -0.2) is 17.3 Å². The van der Waals surface area contributed by atoms with Crippen molar-refractivity contribution in [1.29, 1.82) is 0 Å². The van der Waals surface area contributed by atoms with Crippen LogP contribution in [0.5, 0.6) is 0 Å². The summed E-state index contributed by atoms with van der Waals surface area (Å²) in [5, 5.41) is 7.03. The van der Waals surface area contributed by atoms with E-state index >= 15 is 0 Å². The van der Waals surface area contributed by atoms with Crippen LogP contribution in [0.2, 0.25) is 0 Å². The fourth-order valence-electron chi connectivity index (χ4n) is 2.20. The lowest BCUT2D eigenvalue weighted by molar-refractivity contribution is -0.0328. The lowest BCUT2D eigenvalue weighted by Gasteiger charge is -2.12. The molecule has 0 amide bonds. The monoisotopic (exact) mass is 330 g/mol. The van der Waals surface area contributed by atoms with Crippen molar-refractivity contribution in [2.75, 3.05) is 11.9 Å². The first kappa shape index (κ1) is 15.2. The van der Waals surface area contributed by atoms with E-state index in [1.54, 1.807) is 12.1 Å². The first-order chi connectivity index (χ1) is 10.5. The molecule has 4 nitrogen and oxygen atoms in total. The number of nitrogens with zero attached hydrogens (tertiary/aromatic N) is 1. The molecule has 0 saturated heterocycles. The van der Waals surface area contributed by atoms with Crippen LogP contribution in [-0.2, 0) is 24.3 Å². The Hall–Kier alpha value is -1.67. The second-order valence-corrected chi connectivity index (χ2v) is 5.92. The predicted octanol–water partition coefficient (Wildman–Crippen LogP) is 3.97. The molecule has 1 aliphatic rings. The number of rotatable bonds is 4. The van der Waals surface area contributed by atoms with E-state index in [9.17, 15) is 13.2 Å². The topological polar surface area (TPSA) is 47.3 Å². The average Bonchev–Trinajstić information content (AvgIpc) is 2.87. The first-order valence-electron chi connectivity index (χ1n) is 6.65. The lowest BCUT2D eigenvalue weighted by atomic mass is 10.1. The third-order valence-electron chi connectivity index (χ3n) is 3.18. The van der Waals surface area contributed by atoms with Gasteiger partial charge in [-0.2, -0.15) is 13.2 Å². The minimum absolute atomic E-state index is 0.121. The summed E-state index contributed by atoms with van der Waals surface area (Å²) < 4.78 is 47.7. The SMILES string of the molecule is FC(F)(F)Sc1cccc(CNc2noc3c2COCC3)c1.